The van der Waals surface area contributed by atoms with Gasteiger partial charge in [0.05, 0.1) is 19.4 Å². The molecule has 4 rings (SSSR count). The monoisotopic (exact) mass is 448 g/mol. The van der Waals surface area contributed by atoms with Gasteiger partial charge >= 0.3 is 0 Å². The fraction of sp³-hybridized carbons (Fsp3) is 0.208. The number of thioether (sulfide) groups is 1. The summed E-state index contributed by atoms with van der Waals surface area (Å²) in [7, 11) is 3.57. The minimum atomic E-state index is -0.358. The van der Waals surface area contributed by atoms with Gasteiger partial charge in [0.15, 0.2) is 16.7 Å². The molecule has 2 aromatic carbocycles. The SMILES string of the molecule is COc1ccc(CSc2nnc([C@@H](Cc3ccccc3)NC(=O)c3ccco3)n2C)cc1. The van der Waals surface area contributed by atoms with Crippen molar-refractivity contribution in [1.82, 2.24) is 20.1 Å². The van der Waals surface area contributed by atoms with Crippen LogP contribution in [0, 0.1) is 0 Å². The van der Waals surface area contributed by atoms with E-state index in [4.69, 9.17) is 9.15 Å². The van der Waals surface area contributed by atoms with Crippen molar-refractivity contribution in [3.05, 3.63) is 95.7 Å². The van der Waals surface area contributed by atoms with Crippen LogP contribution < -0.4 is 10.1 Å². The van der Waals surface area contributed by atoms with Crippen LogP contribution in [0.4, 0.5) is 0 Å². The van der Waals surface area contributed by atoms with Crippen molar-refractivity contribution in [2.45, 2.75) is 23.4 Å². The van der Waals surface area contributed by atoms with Gasteiger partial charge in [-0.1, -0.05) is 54.2 Å². The van der Waals surface area contributed by atoms with Crippen molar-refractivity contribution >= 4 is 17.7 Å². The summed E-state index contributed by atoms with van der Waals surface area (Å²) in [6.45, 7) is 0. The maximum Gasteiger partial charge on any atom is 0.287 e. The van der Waals surface area contributed by atoms with E-state index < -0.39 is 0 Å². The Kier molecular flexibility index (Phi) is 6.91. The lowest BCUT2D eigenvalue weighted by atomic mass is 10.1. The molecule has 0 aliphatic rings. The molecule has 32 heavy (non-hydrogen) atoms. The number of aromatic nitrogens is 3. The largest absolute Gasteiger partial charge is 0.497 e. The van der Waals surface area contributed by atoms with E-state index in [2.05, 4.69) is 15.5 Å². The van der Waals surface area contributed by atoms with Crippen molar-refractivity contribution in [1.29, 1.82) is 0 Å². The molecule has 0 radical (unpaired) electrons. The number of furan rings is 1. The van der Waals surface area contributed by atoms with E-state index >= 15 is 0 Å². The molecule has 0 saturated carbocycles. The average Bonchev–Trinajstić information content (AvgIpc) is 3.49. The number of carbonyl (C=O) groups is 1. The number of amides is 1. The van der Waals surface area contributed by atoms with Gasteiger partial charge in [-0.25, -0.2) is 0 Å². The van der Waals surface area contributed by atoms with Gasteiger partial charge in [0.1, 0.15) is 5.75 Å². The molecule has 4 aromatic rings. The molecule has 2 aromatic heterocycles. The van der Waals surface area contributed by atoms with E-state index in [1.807, 2.05) is 66.2 Å². The molecule has 0 saturated heterocycles. The Balaban J connectivity index is 1.52. The average molecular weight is 449 g/mol. The third-order valence-corrected chi connectivity index (χ3v) is 6.13. The van der Waals surface area contributed by atoms with E-state index in [1.165, 1.54) is 6.26 Å². The van der Waals surface area contributed by atoms with E-state index in [0.29, 0.717) is 12.2 Å². The Morgan fingerprint density at radius 1 is 1.06 bits per heavy atom. The van der Waals surface area contributed by atoms with Crippen LogP contribution in [0.5, 0.6) is 5.75 Å². The second kappa shape index (κ2) is 10.2. The number of carbonyl (C=O) groups excluding carboxylic acids is 1. The summed E-state index contributed by atoms with van der Waals surface area (Å²) in [5.74, 6) is 2.24. The molecule has 0 unspecified atom stereocenters. The van der Waals surface area contributed by atoms with Crippen LogP contribution in [0.2, 0.25) is 0 Å². The van der Waals surface area contributed by atoms with Gasteiger partial charge in [-0.05, 0) is 41.8 Å². The molecule has 8 heteroatoms. The summed E-state index contributed by atoms with van der Waals surface area (Å²) in [4.78, 5) is 12.7. The van der Waals surface area contributed by atoms with Gasteiger partial charge in [-0.3, -0.25) is 4.79 Å². The Labute approximate surface area is 190 Å². The number of hydrogen-bond donors (Lipinski definition) is 1. The number of rotatable bonds is 9. The van der Waals surface area contributed by atoms with Gasteiger partial charge in [-0.15, -0.1) is 10.2 Å². The Hall–Kier alpha value is -3.52. The zero-order valence-electron chi connectivity index (χ0n) is 17.9. The van der Waals surface area contributed by atoms with Gasteiger partial charge in [-0.2, -0.15) is 0 Å². The lowest BCUT2D eigenvalue weighted by Gasteiger charge is -2.18. The first-order valence-corrected chi connectivity index (χ1v) is 11.2. The highest BCUT2D eigenvalue weighted by Crippen LogP contribution is 2.25. The molecular formula is C24H24N4O3S. The minimum Gasteiger partial charge on any atom is -0.497 e. The van der Waals surface area contributed by atoms with Crippen LogP contribution in [-0.4, -0.2) is 27.8 Å². The molecule has 1 N–H and O–H groups in total. The fourth-order valence-electron chi connectivity index (χ4n) is 3.32. The van der Waals surface area contributed by atoms with Crippen molar-refractivity contribution in [3.8, 4) is 5.75 Å². The summed E-state index contributed by atoms with van der Waals surface area (Å²) in [6.07, 6.45) is 2.07. The summed E-state index contributed by atoms with van der Waals surface area (Å²) < 4.78 is 12.4. The number of benzene rings is 2. The van der Waals surface area contributed by atoms with Crippen molar-refractivity contribution < 1.29 is 13.9 Å². The second-order valence-electron chi connectivity index (χ2n) is 7.23. The molecule has 0 spiro atoms. The van der Waals surface area contributed by atoms with Gasteiger partial charge in [0.2, 0.25) is 0 Å². The predicted molar refractivity (Wildman–Crippen MR) is 123 cm³/mol. The molecule has 0 aliphatic heterocycles. The Bertz CT molecular complexity index is 1140. The highest BCUT2D eigenvalue weighted by Gasteiger charge is 2.23. The smallest absolute Gasteiger partial charge is 0.287 e. The third-order valence-electron chi connectivity index (χ3n) is 5.04. The number of nitrogens with zero attached hydrogens (tertiary/aromatic N) is 3. The lowest BCUT2D eigenvalue weighted by Crippen LogP contribution is -2.31. The normalized spacial score (nSPS) is 11.8. The van der Waals surface area contributed by atoms with E-state index in [9.17, 15) is 4.79 Å². The van der Waals surface area contributed by atoms with Gasteiger partial charge in [0.25, 0.3) is 5.91 Å². The van der Waals surface area contributed by atoms with Crippen LogP contribution in [0.15, 0.2) is 82.6 Å². The molecule has 1 amide bonds. The van der Waals surface area contributed by atoms with Crippen molar-refractivity contribution in [2.24, 2.45) is 7.05 Å². The molecule has 0 bridgehead atoms. The Morgan fingerprint density at radius 2 is 1.84 bits per heavy atom. The molecule has 0 aliphatic carbocycles. The molecule has 7 nitrogen and oxygen atoms in total. The summed E-state index contributed by atoms with van der Waals surface area (Å²) in [5.41, 5.74) is 2.25. The first kappa shape index (κ1) is 21.7. The van der Waals surface area contributed by atoms with Crippen LogP contribution in [0.25, 0.3) is 0 Å². The molecule has 0 fully saturated rings. The number of nitrogens with one attached hydrogen (secondary N) is 1. The van der Waals surface area contributed by atoms with Crippen LogP contribution in [0.3, 0.4) is 0 Å². The number of methoxy groups -OCH3 is 1. The van der Waals surface area contributed by atoms with E-state index in [1.54, 1.807) is 31.0 Å². The maximum atomic E-state index is 12.7. The summed E-state index contributed by atoms with van der Waals surface area (Å²) >= 11 is 1.59. The quantitative estimate of drug-likeness (QED) is 0.382. The maximum absolute atomic E-state index is 12.7. The second-order valence-corrected chi connectivity index (χ2v) is 8.17. The van der Waals surface area contributed by atoms with Crippen molar-refractivity contribution in [3.63, 3.8) is 0 Å². The minimum absolute atomic E-state index is 0.263. The van der Waals surface area contributed by atoms with Crippen LogP contribution in [-0.2, 0) is 19.2 Å². The third kappa shape index (κ3) is 5.20. The topological polar surface area (TPSA) is 82.2 Å². The molecular weight excluding hydrogens is 424 g/mol. The zero-order chi connectivity index (χ0) is 22.3. The first-order chi connectivity index (χ1) is 15.6. The number of hydrogen-bond acceptors (Lipinski definition) is 6. The predicted octanol–water partition coefficient (Wildman–Crippen LogP) is 4.42. The van der Waals surface area contributed by atoms with E-state index in [0.717, 1.165) is 27.8 Å². The highest BCUT2D eigenvalue weighted by molar-refractivity contribution is 7.98. The van der Waals surface area contributed by atoms with Crippen molar-refractivity contribution in [2.75, 3.05) is 7.11 Å². The van der Waals surface area contributed by atoms with Gasteiger partial charge in [0, 0.05) is 12.8 Å². The van der Waals surface area contributed by atoms with Crippen LogP contribution >= 0.6 is 11.8 Å². The molecule has 164 valence electrons. The molecule has 2 heterocycles. The number of ether oxygens (including phenoxy) is 1. The summed E-state index contributed by atoms with van der Waals surface area (Å²) in [5, 5.41) is 12.6. The lowest BCUT2D eigenvalue weighted by molar-refractivity contribution is 0.0906. The van der Waals surface area contributed by atoms with E-state index in [-0.39, 0.29) is 17.7 Å². The Morgan fingerprint density at radius 3 is 2.53 bits per heavy atom. The molecule has 1 atom stereocenters. The standard InChI is InChI=1S/C24H24N4O3S/c1-28-22(26-27-24(28)32-16-18-10-12-19(30-2)13-11-18)20(15-17-7-4-3-5-8-17)25-23(29)21-9-6-14-31-21/h3-14,20H,15-16H2,1-2H3,(H,25,29)/t20-/m1/s1. The fourth-order valence-corrected chi connectivity index (χ4v) is 4.19. The summed E-state index contributed by atoms with van der Waals surface area (Å²) in [6, 6.07) is 20.9. The highest BCUT2D eigenvalue weighted by atomic mass is 32.2. The van der Waals surface area contributed by atoms with Crippen LogP contribution in [0.1, 0.15) is 33.5 Å². The van der Waals surface area contributed by atoms with Gasteiger partial charge < -0.3 is 19.0 Å². The first-order valence-electron chi connectivity index (χ1n) is 10.2. The zero-order valence-corrected chi connectivity index (χ0v) is 18.7.